The summed E-state index contributed by atoms with van der Waals surface area (Å²) in [6.45, 7) is 10.9. The standard InChI is InChI=1S/C12H17N.C2H6/c1-10-3-5-12(6-4-10)13-8-7-11(2)9-13;1-2/h3-6,11H,7-9H2,1-2H3;1-2H3. The van der Waals surface area contributed by atoms with Crippen molar-refractivity contribution < 1.29 is 0 Å². The van der Waals surface area contributed by atoms with Crippen molar-refractivity contribution in [3.8, 4) is 0 Å². The van der Waals surface area contributed by atoms with Crippen molar-refractivity contribution >= 4 is 5.69 Å². The SMILES string of the molecule is CC.Cc1ccc(N2CCC(C)C2)cc1. The highest BCUT2D eigenvalue weighted by Gasteiger charge is 2.18. The van der Waals surface area contributed by atoms with Crippen molar-refractivity contribution in [1.82, 2.24) is 0 Å². The number of nitrogens with zero attached hydrogens (tertiary/aromatic N) is 1. The number of anilines is 1. The van der Waals surface area contributed by atoms with Crippen LogP contribution in [0, 0.1) is 12.8 Å². The molecule has 2 rings (SSSR count). The lowest BCUT2D eigenvalue weighted by molar-refractivity contribution is 0.659. The summed E-state index contributed by atoms with van der Waals surface area (Å²) in [4.78, 5) is 2.48. The molecule has 1 aromatic rings. The van der Waals surface area contributed by atoms with Crippen LogP contribution in [0.5, 0.6) is 0 Å². The van der Waals surface area contributed by atoms with Crippen molar-refractivity contribution in [3.05, 3.63) is 29.8 Å². The van der Waals surface area contributed by atoms with E-state index in [1.165, 1.54) is 30.8 Å². The van der Waals surface area contributed by atoms with Crippen molar-refractivity contribution in [3.63, 3.8) is 0 Å². The molecule has 1 aliphatic heterocycles. The van der Waals surface area contributed by atoms with E-state index in [1.807, 2.05) is 13.8 Å². The largest absolute Gasteiger partial charge is 0.371 e. The van der Waals surface area contributed by atoms with Crippen LogP contribution in [-0.2, 0) is 0 Å². The molecule has 1 aromatic carbocycles. The number of hydrogen-bond donors (Lipinski definition) is 0. The monoisotopic (exact) mass is 205 g/mol. The second-order valence-electron chi connectivity index (χ2n) is 4.18. The van der Waals surface area contributed by atoms with Gasteiger partial charge in [-0.25, -0.2) is 0 Å². The van der Waals surface area contributed by atoms with Gasteiger partial charge in [-0.1, -0.05) is 38.5 Å². The second-order valence-corrected chi connectivity index (χ2v) is 4.18. The molecule has 1 unspecified atom stereocenters. The molecule has 1 heteroatoms. The molecule has 0 spiro atoms. The van der Waals surface area contributed by atoms with E-state index >= 15 is 0 Å². The zero-order valence-corrected chi connectivity index (χ0v) is 10.5. The molecule has 84 valence electrons. The Morgan fingerprint density at radius 2 is 1.73 bits per heavy atom. The van der Waals surface area contributed by atoms with Crippen LogP contribution in [0.1, 0.15) is 32.8 Å². The van der Waals surface area contributed by atoms with Crippen molar-refractivity contribution in [2.24, 2.45) is 5.92 Å². The van der Waals surface area contributed by atoms with Crippen molar-refractivity contribution in [2.45, 2.75) is 34.1 Å². The minimum absolute atomic E-state index is 0.862. The molecular weight excluding hydrogens is 182 g/mol. The van der Waals surface area contributed by atoms with E-state index in [-0.39, 0.29) is 0 Å². The van der Waals surface area contributed by atoms with Crippen molar-refractivity contribution in [2.75, 3.05) is 18.0 Å². The molecular formula is C14H23N. The molecule has 1 saturated heterocycles. The van der Waals surface area contributed by atoms with Crippen LogP contribution in [-0.4, -0.2) is 13.1 Å². The van der Waals surface area contributed by atoms with Crippen LogP contribution in [0.25, 0.3) is 0 Å². The quantitative estimate of drug-likeness (QED) is 0.672. The zero-order valence-electron chi connectivity index (χ0n) is 10.5. The van der Waals surface area contributed by atoms with Gasteiger partial charge in [0.2, 0.25) is 0 Å². The Morgan fingerprint density at radius 1 is 1.13 bits per heavy atom. The molecule has 0 bridgehead atoms. The van der Waals surface area contributed by atoms with Gasteiger partial charge in [-0.3, -0.25) is 0 Å². The van der Waals surface area contributed by atoms with Gasteiger partial charge in [0.05, 0.1) is 0 Å². The van der Waals surface area contributed by atoms with E-state index < -0.39 is 0 Å². The summed E-state index contributed by atoms with van der Waals surface area (Å²) < 4.78 is 0. The predicted molar refractivity (Wildman–Crippen MR) is 68.5 cm³/mol. The first-order chi connectivity index (χ1) is 7.25. The summed E-state index contributed by atoms with van der Waals surface area (Å²) in [5.41, 5.74) is 2.73. The molecule has 1 nitrogen and oxygen atoms in total. The third kappa shape index (κ3) is 3.26. The fraction of sp³-hybridized carbons (Fsp3) is 0.571. The Kier molecular flexibility index (Phi) is 4.67. The first-order valence-corrected chi connectivity index (χ1v) is 6.07. The minimum atomic E-state index is 0.862. The third-order valence-corrected chi connectivity index (χ3v) is 2.82. The summed E-state index contributed by atoms with van der Waals surface area (Å²) >= 11 is 0. The Balaban J connectivity index is 0.000000531. The van der Waals surface area contributed by atoms with Crippen molar-refractivity contribution in [1.29, 1.82) is 0 Å². The van der Waals surface area contributed by atoms with E-state index in [0.29, 0.717) is 0 Å². The fourth-order valence-corrected chi connectivity index (χ4v) is 1.93. The Labute approximate surface area is 94.1 Å². The maximum atomic E-state index is 2.48. The van der Waals surface area contributed by atoms with Crippen LogP contribution in [0.3, 0.4) is 0 Å². The second kappa shape index (κ2) is 5.79. The molecule has 1 heterocycles. The van der Waals surface area contributed by atoms with Gasteiger partial charge < -0.3 is 4.90 Å². The van der Waals surface area contributed by atoms with Gasteiger partial charge in [-0.15, -0.1) is 0 Å². The number of aryl methyl sites for hydroxylation is 1. The summed E-state index contributed by atoms with van der Waals surface area (Å²) in [6, 6.07) is 8.84. The third-order valence-electron chi connectivity index (χ3n) is 2.82. The molecule has 1 fully saturated rings. The highest BCUT2D eigenvalue weighted by atomic mass is 15.1. The molecule has 15 heavy (non-hydrogen) atoms. The van der Waals surface area contributed by atoms with E-state index in [2.05, 4.69) is 43.0 Å². The van der Waals surface area contributed by atoms with Crippen LogP contribution in [0.4, 0.5) is 5.69 Å². The average molecular weight is 205 g/mol. The molecule has 1 aliphatic rings. The smallest absolute Gasteiger partial charge is 0.0366 e. The highest BCUT2D eigenvalue weighted by Crippen LogP contribution is 2.23. The van der Waals surface area contributed by atoms with E-state index in [4.69, 9.17) is 0 Å². The molecule has 1 atom stereocenters. The average Bonchev–Trinajstić information content (AvgIpc) is 2.69. The molecule has 0 aliphatic carbocycles. The van der Waals surface area contributed by atoms with Gasteiger partial charge in [-0.05, 0) is 31.4 Å². The summed E-state index contributed by atoms with van der Waals surface area (Å²) in [5.74, 6) is 0.862. The Bertz CT molecular complexity index is 276. The summed E-state index contributed by atoms with van der Waals surface area (Å²) in [6.07, 6.45) is 1.34. The van der Waals surface area contributed by atoms with Crippen LogP contribution in [0.15, 0.2) is 24.3 Å². The van der Waals surface area contributed by atoms with Crippen LogP contribution in [0.2, 0.25) is 0 Å². The van der Waals surface area contributed by atoms with E-state index in [0.717, 1.165) is 5.92 Å². The normalized spacial score (nSPS) is 19.7. The predicted octanol–water partition coefficient (Wildman–Crippen LogP) is 3.87. The zero-order chi connectivity index (χ0) is 11.3. The van der Waals surface area contributed by atoms with Crippen LogP contribution >= 0.6 is 0 Å². The number of rotatable bonds is 1. The van der Waals surface area contributed by atoms with E-state index in [9.17, 15) is 0 Å². The first-order valence-electron chi connectivity index (χ1n) is 6.07. The van der Waals surface area contributed by atoms with Gasteiger partial charge in [0.25, 0.3) is 0 Å². The maximum absolute atomic E-state index is 2.48. The molecule has 0 N–H and O–H groups in total. The number of benzene rings is 1. The van der Waals surface area contributed by atoms with Gasteiger partial charge >= 0.3 is 0 Å². The summed E-state index contributed by atoms with van der Waals surface area (Å²) in [7, 11) is 0. The lowest BCUT2D eigenvalue weighted by Gasteiger charge is -2.18. The topological polar surface area (TPSA) is 3.24 Å². The molecule has 0 aromatic heterocycles. The number of hydrogen-bond acceptors (Lipinski definition) is 1. The van der Waals surface area contributed by atoms with E-state index in [1.54, 1.807) is 0 Å². The lowest BCUT2D eigenvalue weighted by atomic mass is 10.2. The van der Waals surface area contributed by atoms with Gasteiger partial charge in [0, 0.05) is 18.8 Å². The fourth-order valence-electron chi connectivity index (χ4n) is 1.93. The van der Waals surface area contributed by atoms with Crippen LogP contribution < -0.4 is 4.90 Å². The van der Waals surface area contributed by atoms with Gasteiger partial charge in [0.1, 0.15) is 0 Å². The van der Waals surface area contributed by atoms with Gasteiger partial charge in [0.15, 0.2) is 0 Å². The molecule has 0 radical (unpaired) electrons. The molecule has 0 amide bonds. The first kappa shape index (κ1) is 12.1. The minimum Gasteiger partial charge on any atom is -0.371 e. The van der Waals surface area contributed by atoms with Gasteiger partial charge in [-0.2, -0.15) is 0 Å². The molecule has 0 saturated carbocycles. The lowest BCUT2D eigenvalue weighted by Crippen LogP contribution is -2.18. The maximum Gasteiger partial charge on any atom is 0.0366 e. The highest BCUT2D eigenvalue weighted by molar-refractivity contribution is 5.48. The Hall–Kier alpha value is -0.980. The summed E-state index contributed by atoms with van der Waals surface area (Å²) in [5, 5.41) is 0. The Morgan fingerprint density at radius 3 is 2.20 bits per heavy atom.